The van der Waals surface area contributed by atoms with Crippen molar-refractivity contribution in [2.24, 2.45) is 0 Å². The predicted molar refractivity (Wildman–Crippen MR) is 359 cm³/mol. The summed E-state index contributed by atoms with van der Waals surface area (Å²) in [5, 5.41) is 3.00. The van der Waals surface area contributed by atoms with E-state index in [2.05, 4.69) is 160 Å². The molecule has 0 aromatic heterocycles. The van der Waals surface area contributed by atoms with E-state index in [0.717, 1.165) is 135 Å². The Hall–Kier alpha value is -4.37. The van der Waals surface area contributed by atoms with Crippen molar-refractivity contribution < 1.29 is 37.3 Å². The molecule has 0 radical (unpaired) electrons. The average molecular weight is 1170 g/mol. The van der Waals surface area contributed by atoms with Gasteiger partial charge in [0.15, 0.2) is 0 Å². The van der Waals surface area contributed by atoms with Crippen molar-refractivity contribution in [2.75, 3.05) is 40.9 Å². The Morgan fingerprint density at radius 3 is 1.18 bits per heavy atom. The molecule has 0 fully saturated rings. The van der Waals surface area contributed by atoms with Crippen molar-refractivity contribution in [3.63, 3.8) is 0 Å². The topological polar surface area (TPSA) is 111 Å². The molecule has 0 aromatic carbocycles. The number of amides is 1. The van der Waals surface area contributed by atoms with Crippen LogP contribution in [-0.2, 0) is 27.9 Å². The van der Waals surface area contributed by atoms with Gasteiger partial charge < -0.3 is 19.4 Å². The molecular weight excluding hydrogens is 1050 g/mol. The van der Waals surface area contributed by atoms with Gasteiger partial charge in [0.25, 0.3) is 0 Å². The molecule has 0 rings (SSSR count). The lowest BCUT2D eigenvalue weighted by Gasteiger charge is -2.27. The highest BCUT2D eigenvalue weighted by molar-refractivity contribution is 7.47. The minimum absolute atomic E-state index is 0.0149. The fourth-order valence-corrected chi connectivity index (χ4v) is 9.23. The number of rotatable bonds is 57. The van der Waals surface area contributed by atoms with E-state index in [1.165, 1.54) is 57.8 Å². The van der Waals surface area contributed by atoms with Gasteiger partial charge in [-0.05, 0) is 122 Å². The molecule has 10 heteroatoms. The van der Waals surface area contributed by atoms with Gasteiger partial charge in [-0.3, -0.25) is 18.6 Å². The summed E-state index contributed by atoms with van der Waals surface area (Å²) in [5.74, 6) is -0.631. The third kappa shape index (κ3) is 62.0. The molecule has 0 saturated heterocycles. The first kappa shape index (κ1) is 78.6. The lowest BCUT2D eigenvalue weighted by atomic mass is 10.0. The van der Waals surface area contributed by atoms with Crippen LogP contribution in [0.15, 0.2) is 158 Å². The first-order valence-electron chi connectivity index (χ1n) is 32.8. The van der Waals surface area contributed by atoms with Gasteiger partial charge in [-0.25, -0.2) is 4.57 Å². The number of hydrogen-bond donors (Lipinski definition) is 2. The highest BCUT2D eigenvalue weighted by atomic mass is 31.2. The van der Waals surface area contributed by atoms with Gasteiger partial charge in [0.05, 0.1) is 33.8 Å². The van der Waals surface area contributed by atoms with Crippen molar-refractivity contribution in [3.05, 3.63) is 158 Å². The number of carbonyl (C=O) groups is 2. The third-order valence-electron chi connectivity index (χ3n) is 13.5. The number of allylic oxidation sites excluding steroid dienone is 25. The second-order valence-corrected chi connectivity index (χ2v) is 24.0. The number of unbranched alkanes of at least 4 members (excludes halogenated alkanes) is 17. The maximum atomic E-state index is 13.5. The number of carbonyl (C=O) groups excluding carboxylic acids is 2. The van der Waals surface area contributed by atoms with E-state index in [1.54, 1.807) is 0 Å². The average Bonchev–Trinajstić information content (AvgIpc) is 3.46. The molecule has 0 saturated carbocycles. The SMILES string of the molecule is CC/C=C\C/C=C\C/C=C\C/C=C\C/C=C\C/C=C\CCCCCCCCC(=O)OC(/C=C\CCCCCCCCCCCCC)C(COP(=O)(O)OCC[N+](C)(C)C)NC(=O)CC/C=C\C/C=C\C/C=C\C/C=C\C/C=C\C/C=C\CC. The molecule has 9 nitrogen and oxygen atoms in total. The van der Waals surface area contributed by atoms with Crippen LogP contribution in [-0.4, -0.2) is 74.3 Å². The Morgan fingerprint density at radius 2 is 0.783 bits per heavy atom. The van der Waals surface area contributed by atoms with Crippen LogP contribution in [0, 0.1) is 0 Å². The summed E-state index contributed by atoms with van der Waals surface area (Å²) in [6.45, 7) is 6.70. The van der Waals surface area contributed by atoms with Gasteiger partial charge in [-0.2, -0.15) is 0 Å². The zero-order chi connectivity index (χ0) is 60.7. The second kappa shape index (κ2) is 60.7. The number of nitrogens with one attached hydrogen (secondary N) is 1. The van der Waals surface area contributed by atoms with Crippen LogP contribution in [0.5, 0.6) is 0 Å². The van der Waals surface area contributed by atoms with Crippen LogP contribution in [0.3, 0.4) is 0 Å². The van der Waals surface area contributed by atoms with E-state index in [0.29, 0.717) is 23.9 Å². The normalized spacial score (nSPS) is 14.6. The Bertz CT molecular complexity index is 1980. The molecule has 0 aromatic rings. The van der Waals surface area contributed by atoms with Gasteiger partial charge >= 0.3 is 13.8 Å². The van der Waals surface area contributed by atoms with Crippen LogP contribution in [0.25, 0.3) is 0 Å². The molecule has 0 heterocycles. The molecular formula is C73H122N2O7P+. The molecule has 0 bridgehead atoms. The van der Waals surface area contributed by atoms with Gasteiger partial charge in [0.2, 0.25) is 5.91 Å². The minimum atomic E-state index is -4.49. The fourth-order valence-electron chi connectivity index (χ4n) is 8.49. The lowest BCUT2D eigenvalue weighted by molar-refractivity contribution is -0.870. The van der Waals surface area contributed by atoms with E-state index in [9.17, 15) is 19.0 Å². The molecule has 83 heavy (non-hydrogen) atoms. The number of ether oxygens (including phenoxy) is 1. The van der Waals surface area contributed by atoms with E-state index in [4.69, 9.17) is 13.8 Å². The first-order chi connectivity index (χ1) is 40.4. The molecule has 470 valence electrons. The maximum Gasteiger partial charge on any atom is 0.472 e. The Morgan fingerprint density at radius 1 is 0.434 bits per heavy atom. The number of quaternary nitrogens is 1. The van der Waals surface area contributed by atoms with Crippen LogP contribution in [0.1, 0.15) is 239 Å². The number of nitrogens with zero attached hydrogens (tertiary/aromatic N) is 1. The van der Waals surface area contributed by atoms with E-state index >= 15 is 0 Å². The summed E-state index contributed by atoms with van der Waals surface area (Å²) < 4.78 is 30.7. The largest absolute Gasteiger partial charge is 0.472 e. The van der Waals surface area contributed by atoms with E-state index in [-0.39, 0.29) is 37.9 Å². The van der Waals surface area contributed by atoms with Crippen molar-refractivity contribution in [1.82, 2.24) is 5.32 Å². The van der Waals surface area contributed by atoms with E-state index in [1.807, 2.05) is 45.4 Å². The summed E-state index contributed by atoms with van der Waals surface area (Å²) in [7, 11) is 1.42. The summed E-state index contributed by atoms with van der Waals surface area (Å²) in [6.07, 6.45) is 89.8. The summed E-state index contributed by atoms with van der Waals surface area (Å²) in [4.78, 5) is 37.8. The molecule has 0 spiro atoms. The summed E-state index contributed by atoms with van der Waals surface area (Å²) in [6, 6.07) is -0.908. The summed E-state index contributed by atoms with van der Waals surface area (Å²) >= 11 is 0. The fraction of sp³-hybridized carbons (Fsp3) is 0.616. The standard InChI is InChI=1S/C73H121N2O7P/c1-7-10-13-16-19-22-25-28-30-32-34-35-36-37-38-39-41-43-45-48-51-54-57-60-63-66-73(77)82-71(64-61-58-55-52-49-46-27-24-21-18-15-12-9-3)70(69-81-83(78,79)80-68-67-75(4,5)6)74-72(76)65-62-59-56-53-50-47-44-42-40-33-31-29-26-23-20-17-14-11-8-2/h10-11,13-14,19-20,22-23,28-31,34-35,37-38,40-43,47,50,56,59,61,64,70-71H,7-9,12,15-18,21,24-27,32-33,36,39,44-46,48-49,51-55,57-58,60,62-63,65-69H2,1-6H3,(H-,74,76,78,79)/p+1/b13-10-,14-11-,22-19-,23-20-,30-28-,31-29-,35-34-,38-37-,42-40-,43-41-,50-47-,59-56-,64-61-. The molecule has 3 unspecified atom stereocenters. The van der Waals surface area contributed by atoms with Gasteiger partial charge in [0.1, 0.15) is 19.3 Å². The second-order valence-electron chi connectivity index (χ2n) is 22.5. The van der Waals surface area contributed by atoms with Crippen molar-refractivity contribution in [3.8, 4) is 0 Å². The monoisotopic (exact) mass is 1170 g/mol. The Kier molecular flexibility index (Phi) is 57.5. The number of hydrogen-bond acceptors (Lipinski definition) is 6. The number of phosphoric acid groups is 1. The minimum Gasteiger partial charge on any atom is -0.456 e. The zero-order valence-electron chi connectivity index (χ0n) is 53.6. The molecule has 3 atom stereocenters. The molecule has 0 aliphatic carbocycles. The zero-order valence-corrected chi connectivity index (χ0v) is 54.5. The van der Waals surface area contributed by atoms with E-state index < -0.39 is 20.0 Å². The number of phosphoric ester groups is 1. The highest BCUT2D eigenvalue weighted by Gasteiger charge is 2.30. The first-order valence-corrected chi connectivity index (χ1v) is 34.3. The maximum absolute atomic E-state index is 13.5. The molecule has 2 N–H and O–H groups in total. The smallest absolute Gasteiger partial charge is 0.456 e. The molecule has 1 amide bonds. The van der Waals surface area contributed by atoms with Gasteiger partial charge in [-0.15, -0.1) is 0 Å². The third-order valence-corrected chi connectivity index (χ3v) is 14.5. The van der Waals surface area contributed by atoms with Crippen LogP contribution >= 0.6 is 7.82 Å². The van der Waals surface area contributed by atoms with Crippen LogP contribution in [0.2, 0.25) is 0 Å². The summed E-state index contributed by atoms with van der Waals surface area (Å²) in [5.41, 5.74) is 0. The van der Waals surface area contributed by atoms with Crippen LogP contribution in [0.4, 0.5) is 0 Å². The lowest BCUT2D eigenvalue weighted by Crippen LogP contribution is -2.47. The van der Waals surface area contributed by atoms with Gasteiger partial charge in [-0.1, -0.05) is 263 Å². The quantitative estimate of drug-likeness (QED) is 0.0205. The predicted octanol–water partition coefficient (Wildman–Crippen LogP) is 20.8. The number of esters is 1. The van der Waals surface area contributed by atoms with Gasteiger partial charge in [0, 0.05) is 12.8 Å². The Labute approximate surface area is 510 Å². The molecule has 0 aliphatic heterocycles. The van der Waals surface area contributed by atoms with Crippen LogP contribution < -0.4 is 5.32 Å². The molecule has 0 aliphatic rings. The van der Waals surface area contributed by atoms with Crippen molar-refractivity contribution >= 4 is 19.7 Å². The van der Waals surface area contributed by atoms with Crippen molar-refractivity contribution in [2.45, 2.75) is 251 Å². The Balaban J connectivity index is 5.36. The van der Waals surface area contributed by atoms with Crippen molar-refractivity contribution in [1.29, 1.82) is 0 Å². The highest BCUT2D eigenvalue weighted by Crippen LogP contribution is 2.43. The number of likely N-dealkylation sites (N-methyl/N-ethyl adjacent to an activating group) is 1.